The minimum atomic E-state index is -0.276. The standard InChI is InChI=1S/C24H25N3O3/c1-30-22-16-19(11-12-21(22)27-15-5-10-23(27)28)26-24(29)25-14-13-18-8-4-7-17-6-2-3-9-20(17)18/h2-4,6-9,11-12,16H,5,10,13-15H2,1H3,(H2,25,26,29). The molecule has 0 aromatic heterocycles. The van der Waals surface area contributed by atoms with Crippen molar-refractivity contribution in [3.05, 3.63) is 66.2 Å². The van der Waals surface area contributed by atoms with E-state index >= 15 is 0 Å². The van der Waals surface area contributed by atoms with Crippen LogP contribution in [0, 0.1) is 0 Å². The molecule has 0 bridgehead atoms. The van der Waals surface area contributed by atoms with Crippen LogP contribution in [0.3, 0.4) is 0 Å². The van der Waals surface area contributed by atoms with Gasteiger partial charge in [-0.25, -0.2) is 4.79 Å². The zero-order chi connectivity index (χ0) is 20.9. The lowest BCUT2D eigenvalue weighted by molar-refractivity contribution is -0.117. The number of hydrogen-bond donors (Lipinski definition) is 2. The highest BCUT2D eigenvalue weighted by Gasteiger charge is 2.24. The molecule has 1 aliphatic heterocycles. The molecule has 30 heavy (non-hydrogen) atoms. The summed E-state index contributed by atoms with van der Waals surface area (Å²) in [6.07, 6.45) is 2.15. The summed E-state index contributed by atoms with van der Waals surface area (Å²) in [5, 5.41) is 8.14. The highest BCUT2D eigenvalue weighted by molar-refractivity contribution is 5.97. The van der Waals surface area contributed by atoms with Crippen LogP contribution in [0.5, 0.6) is 5.75 Å². The Hall–Kier alpha value is -3.54. The minimum absolute atomic E-state index is 0.0974. The molecule has 1 aliphatic rings. The number of anilines is 2. The summed E-state index contributed by atoms with van der Waals surface area (Å²) in [7, 11) is 1.56. The number of benzene rings is 3. The lowest BCUT2D eigenvalue weighted by Gasteiger charge is -2.19. The molecule has 3 amide bonds. The number of ether oxygens (including phenoxy) is 1. The third-order valence-corrected chi connectivity index (χ3v) is 5.36. The van der Waals surface area contributed by atoms with Gasteiger partial charge in [0.05, 0.1) is 12.8 Å². The van der Waals surface area contributed by atoms with Crippen LogP contribution in [0.4, 0.5) is 16.2 Å². The summed E-state index contributed by atoms with van der Waals surface area (Å²) >= 11 is 0. The molecule has 0 unspecified atom stereocenters. The number of fused-ring (bicyclic) bond motifs is 1. The Morgan fingerprint density at radius 2 is 1.93 bits per heavy atom. The van der Waals surface area contributed by atoms with Gasteiger partial charge in [0.1, 0.15) is 5.75 Å². The van der Waals surface area contributed by atoms with Crippen LogP contribution in [0.15, 0.2) is 60.7 Å². The van der Waals surface area contributed by atoms with Crippen molar-refractivity contribution in [2.45, 2.75) is 19.3 Å². The smallest absolute Gasteiger partial charge is 0.319 e. The number of urea groups is 1. The van der Waals surface area contributed by atoms with Crippen molar-refractivity contribution < 1.29 is 14.3 Å². The predicted molar refractivity (Wildman–Crippen MR) is 119 cm³/mol. The molecule has 3 aromatic carbocycles. The molecule has 0 atom stereocenters. The predicted octanol–water partition coefficient (Wildman–Crippen LogP) is 4.34. The van der Waals surface area contributed by atoms with Crippen LogP contribution >= 0.6 is 0 Å². The van der Waals surface area contributed by atoms with Crippen LogP contribution in [0.1, 0.15) is 18.4 Å². The summed E-state index contributed by atoms with van der Waals surface area (Å²) in [5.41, 5.74) is 2.56. The van der Waals surface area contributed by atoms with Gasteiger partial charge in [0, 0.05) is 31.3 Å². The SMILES string of the molecule is COc1cc(NC(=O)NCCc2cccc3ccccc23)ccc1N1CCCC1=O. The summed E-state index contributed by atoms with van der Waals surface area (Å²) in [5.74, 6) is 0.666. The van der Waals surface area contributed by atoms with E-state index in [2.05, 4.69) is 34.9 Å². The van der Waals surface area contributed by atoms with Crippen molar-refractivity contribution in [3.63, 3.8) is 0 Å². The summed E-state index contributed by atoms with van der Waals surface area (Å²) < 4.78 is 5.44. The molecule has 1 saturated heterocycles. The molecule has 6 heteroatoms. The fourth-order valence-corrected chi connectivity index (χ4v) is 3.88. The highest BCUT2D eigenvalue weighted by atomic mass is 16.5. The quantitative estimate of drug-likeness (QED) is 0.643. The number of nitrogens with one attached hydrogen (secondary N) is 2. The summed E-state index contributed by atoms with van der Waals surface area (Å²) in [6.45, 7) is 1.22. The van der Waals surface area contributed by atoms with Gasteiger partial charge in [-0.2, -0.15) is 0 Å². The monoisotopic (exact) mass is 403 g/mol. The number of methoxy groups -OCH3 is 1. The van der Waals surface area contributed by atoms with Crippen molar-refractivity contribution in [2.75, 3.05) is 30.4 Å². The van der Waals surface area contributed by atoms with E-state index in [1.165, 1.54) is 16.3 Å². The summed E-state index contributed by atoms with van der Waals surface area (Å²) in [4.78, 5) is 26.1. The van der Waals surface area contributed by atoms with Crippen LogP contribution in [-0.4, -0.2) is 32.1 Å². The van der Waals surface area contributed by atoms with Gasteiger partial charge in [0.15, 0.2) is 0 Å². The van der Waals surface area contributed by atoms with E-state index < -0.39 is 0 Å². The number of carbonyl (C=O) groups is 2. The van der Waals surface area contributed by atoms with Gasteiger partial charge in [-0.3, -0.25) is 4.79 Å². The lowest BCUT2D eigenvalue weighted by atomic mass is 10.0. The highest BCUT2D eigenvalue weighted by Crippen LogP contribution is 2.33. The number of carbonyl (C=O) groups excluding carboxylic acids is 2. The lowest BCUT2D eigenvalue weighted by Crippen LogP contribution is -2.30. The molecule has 6 nitrogen and oxygen atoms in total. The van der Waals surface area contributed by atoms with Gasteiger partial charge in [-0.05, 0) is 41.3 Å². The van der Waals surface area contributed by atoms with E-state index in [-0.39, 0.29) is 11.9 Å². The first kappa shape index (κ1) is 19.8. The molecular weight excluding hydrogens is 378 g/mol. The van der Waals surface area contributed by atoms with E-state index in [1.807, 2.05) is 24.3 Å². The van der Waals surface area contributed by atoms with Crippen molar-refractivity contribution in [3.8, 4) is 5.75 Å². The second kappa shape index (κ2) is 8.86. The number of nitrogens with zero attached hydrogens (tertiary/aromatic N) is 1. The number of amides is 3. The average Bonchev–Trinajstić information content (AvgIpc) is 3.19. The normalized spacial score (nSPS) is 13.5. The van der Waals surface area contributed by atoms with Crippen molar-refractivity contribution in [1.82, 2.24) is 5.32 Å². The topological polar surface area (TPSA) is 70.7 Å². The molecule has 0 spiro atoms. The largest absolute Gasteiger partial charge is 0.494 e. The summed E-state index contributed by atoms with van der Waals surface area (Å²) in [6, 6.07) is 19.5. The Labute approximate surface area is 175 Å². The maximum absolute atomic E-state index is 12.3. The maximum atomic E-state index is 12.3. The Bertz CT molecular complexity index is 1070. The molecule has 2 N–H and O–H groups in total. The molecule has 1 heterocycles. The van der Waals surface area contributed by atoms with Gasteiger partial charge >= 0.3 is 6.03 Å². The average molecular weight is 403 g/mol. The van der Waals surface area contributed by atoms with Gasteiger partial charge in [0.2, 0.25) is 5.91 Å². The molecule has 3 aromatic rings. The Kier molecular flexibility index (Phi) is 5.84. The minimum Gasteiger partial charge on any atom is -0.494 e. The van der Waals surface area contributed by atoms with Gasteiger partial charge in [-0.1, -0.05) is 42.5 Å². The van der Waals surface area contributed by atoms with E-state index in [1.54, 1.807) is 24.1 Å². The Morgan fingerprint density at radius 1 is 1.10 bits per heavy atom. The van der Waals surface area contributed by atoms with Crippen molar-refractivity contribution >= 4 is 34.1 Å². The number of hydrogen-bond acceptors (Lipinski definition) is 3. The maximum Gasteiger partial charge on any atom is 0.319 e. The van der Waals surface area contributed by atoms with Crippen LogP contribution < -0.4 is 20.3 Å². The van der Waals surface area contributed by atoms with Gasteiger partial charge < -0.3 is 20.3 Å². The van der Waals surface area contributed by atoms with E-state index in [4.69, 9.17) is 4.74 Å². The zero-order valence-electron chi connectivity index (χ0n) is 17.0. The van der Waals surface area contributed by atoms with E-state index in [0.717, 1.165) is 18.5 Å². The molecule has 0 radical (unpaired) electrons. The van der Waals surface area contributed by atoms with Crippen molar-refractivity contribution in [2.24, 2.45) is 0 Å². The van der Waals surface area contributed by atoms with Crippen LogP contribution in [0.25, 0.3) is 10.8 Å². The Balaban J connectivity index is 1.36. The van der Waals surface area contributed by atoms with Crippen LogP contribution in [-0.2, 0) is 11.2 Å². The molecular formula is C24H25N3O3. The van der Waals surface area contributed by atoms with Gasteiger partial charge in [0.25, 0.3) is 0 Å². The van der Waals surface area contributed by atoms with E-state index in [0.29, 0.717) is 30.9 Å². The molecule has 0 aliphatic carbocycles. The zero-order valence-corrected chi connectivity index (χ0v) is 17.0. The van der Waals surface area contributed by atoms with Gasteiger partial charge in [-0.15, -0.1) is 0 Å². The molecule has 0 saturated carbocycles. The third-order valence-electron chi connectivity index (χ3n) is 5.36. The fourth-order valence-electron chi connectivity index (χ4n) is 3.88. The second-order valence-corrected chi connectivity index (χ2v) is 7.30. The third kappa shape index (κ3) is 4.22. The molecule has 1 fully saturated rings. The molecule has 4 rings (SSSR count). The first-order valence-corrected chi connectivity index (χ1v) is 10.2. The first-order valence-electron chi connectivity index (χ1n) is 10.2. The number of rotatable bonds is 6. The second-order valence-electron chi connectivity index (χ2n) is 7.30. The fraction of sp³-hybridized carbons (Fsp3) is 0.250. The van der Waals surface area contributed by atoms with Crippen molar-refractivity contribution in [1.29, 1.82) is 0 Å². The Morgan fingerprint density at radius 3 is 2.73 bits per heavy atom. The molecule has 154 valence electrons. The van der Waals surface area contributed by atoms with E-state index in [9.17, 15) is 9.59 Å². The first-order chi connectivity index (χ1) is 14.7. The van der Waals surface area contributed by atoms with Crippen LogP contribution in [0.2, 0.25) is 0 Å².